The van der Waals surface area contributed by atoms with E-state index in [-0.39, 0.29) is 0 Å². The molecule has 4 heteroatoms. The van der Waals surface area contributed by atoms with Gasteiger partial charge in [0.15, 0.2) is 0 Å². The SMILES string of the molecule is Cc1sc2c([C@@H]3CCCN(C(C)C)C3)nc(C)n2c1C. The first kappa shape index (κ1) is 14.1. The molecule has 0 bridgehead atoms. The van der Waals surface area contributed by atoms with Gasteiger partial charge in [-0.3, -0.25) is 4.40 Å². The molecule has 2 aromatic rings. The largest absolute Gasteiger partial charge is 0.300 e. The van der Waals surface area contributed by atoms with E-state index in [4.69, 9.17) is 4.98 Å². The summed E-state index contributed by atoms with van der Waals surface area (Å²) in [6.45, 7) is 13.6. The first-order chi connectivity index (χ1) is 9.49. The van der Waals surface area contributed by atoms with Gasteiger partial charge >= 0.3 is 0 Å². The number of hydrogen-bond donors (Lipinski definition) is 0. The number of aromatic nitrogens is 2. The second-order valence-corrected chi connectivity index (χ2v) is 7.56. The predicted octanol–water partition coefficient (Wildman–Crippen LogP) is 3.91. The highest BCUT2D eigenvalue weighted by Gasteiger charge is 2.27. The molecule has 20 heavy (non-hydrogen) atoms. The van der Waals surface area contributed by atoms with Gasteiger partial charge in [-0.15, -0.1) is 11.3 Å². The summed E-state index contributed by atoms with van der Waals surface area (Å²) in [7, 11) is 0. The molecule has 1 aliphatic rings. The topological polar surface area (TPSA) is 20.5 Å². The van der Waals surface area contributed by atoms with Crippen LogP contribution in [-0.2, 0) is 0 Å². The molecule has 1 aliphatic heterocycles. The van der Waals surface area contributed by atoms with Gasteiger partial charge in [0.25, 0.3) is 0 Å². The average molecular weight is 291 g/mol. The molecule has 0 amide bonds. The Labute approximate surface area is 125 Å². The van der Waals surface area contributed by atoms with E-state index in [9.17, 15) is 0 Å². The Kier molecular flexibility index (Phi) is 3.63. The predicted molar refractivity (Wildman–Crippen MR) is 86.0 cm³/mol. The van der Waals surface area contributed by atoms with E-state index < -0.39 is 0 Å². The van der Waals surface area contributed by atoms with Gasteiger partial charge in [-0.05, 0) is 54.0 Å². The molecule has 110 valence electrons. The van der Waals surface area contributed by atoms with Gasteiger partial charge in [0.2, 0.25) is 0 Å². The third kappa shape index (κ3) is 2.19. The van der Waals surface area contributed by atoms with Crippen molar-refractivity contribution in [1.82, 2.24) is 14.3 Å². The van der Waals surface area contributed by atoms with Crippen molar-refractivity contribution in [2.24, 2.45) is 0 Å². The van der Waals surface area contributed by atoms with Gasteiger partial charge in [0.05, 0.1) is 5.69 Å². The Morgan fingerprint density at radius 1 is 1.25 bits per heavy atom. The molecule has 1 fully saturated rings. The normalized spacial score (nSPS) is 21.2. The van der Waals surface area contributed by atoms with Gasteiger partial charge in [-0.25, -0.2) is 4.98 Å². The number of imidazole rings is 1. The zero-order valence-corrected chi connectivity index (χ0v) is 14.0. The minimum Gasteiger partial charge on any atom is -0.300 e. The quantitative estimate of drug-likeness (QED) is 0.836. The lowest BCUT2D eigenvalue weighted by atomic mass is 9.94. The van der Waals surface area contributed by atoms with Gasteiger partial charge in [0, 0.05) is 29.1 Å². The Balaban J connectivity index is 2.00. The van der Waals surface area contributed by atoms with E-state index in [0.717, 1.165) is 5.82 Å². The van der Waals surface area contributed by atoms with Crippen LogP contribution in [-0.4, -0.2) is 33.4 Å². The highest BCUT2D eigenvalue weighted by molar-refractivity contribution is 7.17. The molecule has 0 aromatic carbocycles. The van der Waals surface area contributed by atoms with Crippen LogP contribution in [0.3, 0.4) is 0 Å². The number of aryl methyl sites for hydroxylation is 3. The van der Waals surface area contributed by atoms with Gasteiger partial charge in [-0.1, -0.05) is 0 Å². The number of rotatable bonds is 2. The van der Waals surface area contributed by atoms with E-state index >= 15 is 0 Å². The summed E-state index contributed by atoms with van der Waals surface area (Å²) in [4.78, 5) is 10.3. The number of hydrogen-bond acceptors (Lipinski definition) is 3. The maximum absolute atomic E-state index is 4.92. The lowest BCUT2D eigenvalue weighted by molar-refractivity contribution is 0.167. The molecule has 3 nitrogen and oxygen atoms in total. The monoisotopic (exact) mass is 291 g/mol. The lowest BCUT2D eigenvalue weighted by Gasteiger charge is -2.34. The summed E-state index contributed by atoms with van der Waals surface area (Å²) >= 11 is 1.91. The van der Waals surface area contributed by atoms with Crippen LogP contribution in [0.15, 0.2) is 0 Å². The first-order valence-electron chi connectivity index (χ1n) is 7.68. The molecule has 1 atom stereocenters. The lowest BCUT2D eigenvalue weighted by Crippen LogP contribution is -2.39. The third-order valence-corrected chi connectivity index (χ3v) is 5.88. The summed E-state index contributed by atoms with van der Waals surface area (Å²) in [6, 6.07) is 0.642. The number of fused-ring (bicyclic) bond motifs is 1. The molecule has 3 heterocycles. The van der Waals surface area contributed by atoms with Crippen LogP contribution in [0.2, 0.25) is 0 Å². The number of likely N-dealkylation sites (tertiary alicyclic amines) is 1. The van der Waals surface area contributed by atoms with Crippen molar-refractivity contribution in [2.75, 3.05) is 13.1 Å². The number of thiazole rings is 1. The number of piperidine rings is 1. The molecule has 3 rings (SSSR count). The molecule has 0 radical (unpaired) electrons. The van der Waals surface area contributed by atoms with Crippen molar-refractivity contribution in [3.8, 4) is 0 Å². The molecule has 0 N–H and O–H groups in total. The summed E-state index contributed by atoms with van der Waals surface area (Å²) < 4.78 is 2.35. The van der Waals surface area contributed by atoms with Gasteiger partial charge in [-0.2, -0.15) is 0 Å². The molecule has 0 aliphatic carbocycles. The zero-order valence-electron chi connectivity index (χ0n) is 13.2. The maximum atomic E-state index is 4.92. The van der Waals surface area contributed by atoms with Crippen LogP contribution in [0.5, 0.6) is 0 Å². The summed E-state index contributed by atoms with van der Waals surface area (Å²) in [6.07, 6.45) is 2.58. The Bertz CT molecular complexity index is 623. The van der Waals surface area contributed by atoms with Crippen LogP contribution in [0, 0.1) is 20.8 Å². The van der Waals surface area contributed by atoms with Crippen molar-refractivity contribution in [3.05, 3.63) is 22.1 Å². The van der Waals surface area contributed by atoms with E-state index in [1.54, 1.807) is 0 Å². The average Bonchev–Trinajstić information content (AvgIpc) is 2.89. The van der Waals surface area contributed by atoms with Crippen molar-refractivity contribution in [2.45, 2.75) is 59.4 Å². The first-order valence-corrected chi connectivity index (χ1v) is 8.49. The highest BCUT2D eigenvalue weighted by atomic mass is 32.1. The smallest absolute Gasteiger partial charge is 0.123 e. The van der Waals surface area contributed by atoms with Crippen LogP contribution in [0.25, 0.3) is 4.83 Å². The van der Waals surface area contributed by atoms with E-state index in [1.165, 1.54) is 47.0 Å². The Morgan fingerprint density at radius 3 is 2.70 bits per heavy atom. The van der Waals surface area contributed by atoms with Crippen molar-refractivity contribution < 1.29 is 0 Å². The standard InChI is InChI=1S/C16H25N3S/c1-10(2)18-8-6-7-14(9-18)15-16-19(13(5)17-15)11(3)12(4)20-16/h10,14H,6-9H2,1-5H3/t14-/m1/s1. The van der Waals surface area contributed by atoms with E-state index in [2.05, 4.69) is 43.9 Å². The van der Waals surface area contributed by atoms with Crippen LogP contribution in [0.1, 0.15) is 54.7 Å². The van der Waals surface area contributed by atoms with Crippen LogP contribution >= 0.6 is 11.3 Å². The summed E-state index contributed by atoms with van der Waals surface area (Å²) in [5.74, 6) is 1.76. The highest BCUT2D eigenvalue weighted by Crippen LogP contribution is 2.35. The fourth-order valence-electron chi connectivity index (χ4n) is 3.37. The molecular weight excluding hydrogens is 266 g/mol. The minimum absolute atomic E-state index is 0.604. The fourth-order valence-corrected chi connectivity index (χ4v) is 4.57. The Hall–Kier alpha value is -0.870. The molecule has 0 spiro atoms. The van der Waals surface area contributed by atoms with Crippen LogP contribution in [0.4, 0.5) is 0 Å². The number of nitrogens with zero attached hydrogens (tertiary/aromatic N) is 3. The molecule has 0 saturated carbocycles. The van der Waals surface area contributed by atoms with Crippen molar-refractivity contribution in [3.63, 3.8) is 0 Å². The molecule has 0 unspecified atom stereocenters. The van der Waals surface area contributed by atoms with Gasteiger partial charge in [0.1, 0.15) is 10.7 Å². The summed E-state index contributed by atoms with van der Waals surface area (Å²) in [5, 5.41) is 0. The zero-order chi connectivity index (χ0) is 14.4. The third-order valence-electron chi connectivity index (χ3n) is 4.69. The summed E-state index contributed by atoms with van der Waals surface area (Å²) in [5.41, 5.74) is 2.70. The van der Waals surface area contributed by atoms with Gasteiger partial charge < -0.3 is 4.90 Å². The second-order valence-electron chi connectivity index (χ2n) is 6.36. The molecular formula is C16H25N3S. The van der Waals surface area contributed by atoms with E-state index in [1.807, 2.05) is 11.3 Å². The van der Waals surface area contributed by atoms with Crippen LogP contribution < -0.4 is 0 Å². The van der Waals surface area contributed by atoms with Crippen molar-refractivity contribution in [1.29, 1.82) is 0 Å². The van der Waals surface area contributed by atoms with E-state index in [0.29, 0.717) is 12.0 Å². The fraction of sp³-hybridized carbons (Fsp3) is 0.688. The molecule has 1 saturated heterocycles. The maximum Gasteiger partial charge on any atom is 0.123 e. The minimum atomic E-state index is 0.604. The molecule has 2 aromatic heterocycles. The second kappa shape index (κ2) is 5.15. The van der Waals surface area contributed by atoms with Crippen molar-refractivity contribution >= 4 is 16.2 Å². The Morgan fingerprint density at radius 2 is 2.00 bits per heavy atom.